The van der Waals surface area contributed by atoms with E-state index in [-0.39, 0.29) is 19.1 Å². The van der Waals surface area contributed by atoms with Gasteiger partial charge in [0.2, 0.25) is 0 Å². The normalized spacial score (nSPS) is 10.1. The first kappa shape index (κ1) is 11.5. The zero-order valence-corrected chi connectivity index (χ0v) is 8.72. The Kier molecular flexibility index (Phi) is 4.89. The molecule has 0 spiro atoms. The number of rotatable bonds is 5. The first-order valence-corrected chi connectivity index (χ1v) is 5.30. The lowest BCUT2D eigenvalue weighted by Crippen LogP contribution is -1.94. The van der Waals surface area contributed by atoms with Gasteiger partial charge in [-0.3, -0.25) is 0 Å². The third-order valence-electron chi connectivity index (χ3n) is 1.44. The molecule has 0 saturated carbocycles. The van der Waals surface area contributed by atoms with Gasteiger partial charge in [0, 0.05) is 16.7 Å². The van der Waals surface area contributed by atoms with Gasteiger partial charge in [0.25, 0.3) is 0 Å². The fraction of sp³-hybridized carbons (Fsp3) is 0.250. The van der Waals surface area contributed by atoms with Crippen LogP contribution in [0.2, 0.25) is 0 Å². The summed E-state index contributed by atoms with van der Waals surface area (Å²) in [6.45, 7) is -0.162. The summed E-state index contributed by atoms with van der Waals surface area (Å²) in [6, 6.07) is 4.60. The molecule has 0 aliphatic carbocycles. The lowest BCUT2D eigenvalue weighted by molar-refractivity contribution is -0.0113. The Morgan fingerprint density at radius 1 is 1.36 bits per heavy atom. The number of hydrogen-bond donors (Lipinski definition) is 2. The number of benzene rings is 1. The van der Waals surface area contributed by atoms with E-state index in [9.17, 15) is 5.11 Å². The molecular formula is C8H9ClO4S. The van der Waals surface area contributed by atoms with Gasteiger partial charge in [-0.15, -0.1) is 0 Å². The largest absolute Gasteiger partial charge is 0.508 e. The number of halogens is 1. The van der Waals surface area contributed by atoms with E-state index in [4.69, 9.17) is 24.7 Å². The van der Waals surface area contributed by atoms with Gasteiger partial charge in [0.1, 0.15) is 18.3 Å². The van der Waals surface area contributed by atoms with Crippen LogP contribution in [0.4, 0.5) is 0 Å². The molecule has 0 amide bonds. The fourth-order valence-corrected chi connectivity index (χ4v) is 1.36. The van der Waals surface area contributed by atoms with Crippen molar-refractivity contribution in [2.75, 3.05) is 6.79 Å². The predicted octanol–water partition coefficient (Wildman–Crippen LogP) is 2.04. The molecule has 0 radical (unpaired) electrons. The molecule has 0 bridgehead atoms. The van der Waals surface area contributed by atoms with Crippen molar-refractivity contribution < 1.29 is 19.1 Å². The molecule has 0 atom stereocenters. The minimum Gasteiger partial charge on any atom is -0.508 e. The molecule has 4 nitrogen and oxygen atoms in total. The summed E-state index contributed by atoms with van der Waals surface area (Å²) in [4.78, 5) is 0. The van der Waals surface area contributed by atoms with Crippen LogP contribution < -0.4 is 4.18 Å². The van der Waals surface area contributed by atoms with Crippen LogP contribution >= 0.6 is 21.9 Å². The summed E-state index contributed by atoms with van der Waals surface area (Å²) >= 11 is 0.667. The first-order valence-electron chi connectivity index (χ1n) is 3.73. The van der Waals surface area contributed by atoms with E-state index in [2.05, 4.69) is 0 Å². The molecule has 0 aromatic heterocycles. The highest BCUT2D eigenvalue weighted by molar-refractivity contribution is 8.17. The molecule has 1 aromatic carbocycles. The predicted molar refractivity (Wildman–Crippen MR) is 54.1 cm³/mol. The highest BCUT2D eigenvalue weighted by Crippen LogP contribution is 2.25. The van der Waals surface area contributed by atoms with E-state index >= 15 is 0 Å². The highest BCUT2D eigenvalue weighted by Gasteiger charge is 2.01. The van der Waals surface area contributed by atoms with E-state index in [1.807, 2.05) is 0 Å². The number of phenols is 1. The van der Waals surface area contributed by atoms with Crippen molar-refractivity contribution in [3.05, 3.63) is 23.8 Å². The molecule has 2 N–H and O–H groups in total. The summed E-state index contributed by atoms with van der Waals surface area (Å²) < 4.78 is 9.67. The lowest BCUT2D eigenvalue weighted by atomic mass is 10.2. The maximum Gasteiger partial charge on any atom is 0.166 e. The standard InChI is InChI=1S/C8H9ClO4S/c9-14-13-8-2-6(4-12-5-10)1-7(11)3-8/h1-3,10-11H,4-5H2. The Bertz CT molecular complexity index is 295. The Hall–Kier alpha value is -0.620. The molecule has 1 aromatic rings. The molecule has 14 heavy (non-hydrogen) atoms. The molecule has 0 fully saturated rings. The van der Waals surface area contributed by atoms with E-state index in [1.165, 1.54) is 12.1 Å². The number of aromatic hydroxyl groups is 1. The summed E-state index contributed by atoms with van der Waals surface area (Å²) in [7, 11) is 5.29. The summed E-state index contributed by atoms with van der Waals surface area (Å²) in [5.74, 6) is 0.492. The summed E-state index contributed by atoms with van der Waals surface area (Å²) in [5, 5.41) is 17.7. The molecule has 0 unspecified atom stereocenters. The highest BCUT2D eigenvalue weighted by atomic mass is 35.7. The second kappa shape index (κ2) is 5.98. The van der Waals surface area contributed by atoms with E-state index in [0.29, 0.717) is 22.6 Å². The van der Waals surface area contributed by atoms with Crippen molar-refractivity contribution in [3.8, 4) is 11.5 Å². The molecular weight excluding hydrogens is 228 g/mol. The zero-order chi connectivity index (χ0) is 10.4. The average molecular weight is 237 g/mol. The van der Waals surface area contributed by atoms with Crippen LogP contribution in [-0.2, 0) is 11.3 Å². The van der Waals surface area contributed by atoms with Crippen LogP contribution in [0, 0.1) is 0 Å². The molecule has 78 valence electrons. The molecule has 0 aliphatic heterocycles. The van der Waals surface area contributed by atoms with Crippen LogP contribution in [0.1, 0.15) is 5.56 Å². The summed E-state index contributed by atoms with van der Waals surface area (Å²) in [5.41, 5.74) is 0.694. The van der Waals surface area contributed by atoms with Crippen LogP contribution in [0.5, 0.6) is 11.5 Å². The number of aliphatic hydroxyl groups excluding tert-OH is 1. The van der Waals surface area contributed by atoms with Crippen LogP contribution in [-0.4, -0.2) is 17.0 Å². The number of aliphatic hydroxyl groups is 1. The van der Waals surface area contributed by atoms with Gasteiger partial charge in [-0.25, -0.2) is 0 Å². The van der Waals surface area contributed by atoms with Gasteiger partial charge in [-0.1, -0.05) is 0 Å². The van der Waals surface area contributed by atoms with Crippen LogP contribution in [0.3, 0.4) is 0 Å². The molecule has 1 rings (SSSR count). The Morgan fingerprint density at radius 2 is 2.14 bits per heavy atom. The minimum absolute atomic E-state index is 0.0600. The van der Waals surface area contributed by atoms with E-state index < -0.39 is 0 Å². The van der Waals surface area contributed by atoms with Crippen LogP contribution in [0.15, 0.2) is 18.2 Å². The Morgan fingerprint density at radius 3 is 2.79 bits per heavy atom. The van der Waals surface area contributed by atoms with Gasteiger partial charge in [0.05, 0.1) is 6.61 Å². The average Bonchev–Trinajstić information content (AvgIpc) is 2.14. The van der Waals surface area contributed by atoms with Crippen molar-refractivity contribution in [3.63, 3.8) is 0 Å². The SMILES string of the molecule is OCOCc1cc(O)cc(OSCl)c1. The van der Waals surface area contributed by atoms with Gasteiger partial charge >= 0.3 is 0 Å². The Labute approximate surface area is 90.1 Å². The number of phenolic OH excluding ortho intramolecular Hbond substituents is 1. The van der Waals surface area contributed by atoms with Gasteiger partial charge < -0.3 is 19.1 Å². The van der Waals surface area contributed by atoms with Gasteiger partial charge in [0.15, 0.2) is 11.3 Å². The number of hydrogen-bond acceptors (Lipinski definition) is 5. The van der Waals surface area contributed by atoms with Crippen molar-refractivity contribution in [2.24, 2.45) is 0 Å². The maximum atomic E-state index is 9.27. The Balaban J connectivity index is 2.73. The topological polar surface area (TPSA) is 58.9 Å². The smallest absolute Gasteiger partial charge is 0.166 e. The van der Waals surface area contributed by atoms with Gasteiger partial charge in [-0.05, 0) is 17.7 Å². The van der Waals surface area contributed by atoms with E-state index in [0.717, 1.165) is 0 Å². The quantitative estimate of drug-likeness (QED) is 0.605. The summed E-state index contributed by atoms with van der Waals surface area (Å²) in [6.07, 6.45) is 0. The monoisotopic (exact) mass is 236 g/mol. The molecule has 0 saturated heterocycles. The molecule has 0 heterocycles. The third-order valence-corrected chi connectivity index (χ3v) is 1.88. The van der Waals surface area contributed by atoms with Crippen molar-refractivity contribution in [1.29, 1.82) is 0 Å². The third kappa shape index (κ3) is 3.63. The second-order valence-corrected chi connectivity index (χ2v) is 3.13. The van der Waals surface area contributed by atoms with Crippen molar-refractivity contribution in [1.82, 2.24) is 0 Å². The number of ether oxygens (including phenoxy) is 1. The second-order valence-electron chi connectivity index (χ2n) is 2.46. The lowest BCUT2D eigenvalue weighted by Gasteiger charge is -2.05. The van der Waals surface area contributed by atoms with Gasteiger partial charge in [-0.2, -0.15) is 0 Å². The van der Waals surface area contributed by atoms with Crippen LogP contribution in [0.25, 0.3) is 0 Å². The van der Waals surface area contributed by atoms with Crippen molar-refractivity contribution in [2.45, 2.75) is 6.61 Å². The molecule has 6 heteroatoms. The zero-order valence-electron chi connectivity index (χ0n) is 7.14. The van der Waals surface area contributed by atoms with Crippen molar-refractivity contribution >= 4 is 21.9 Å². The maximum absolute atomic E-state index is 9.27. The minimum atomic E-state index is -0.365. The molecule has 0 aliphatic rings. The fourth-order valence-electron chi connectivity index (χ4n) is 0.975. The van der Waals surface area contributed by atoms with E-state index in [1.54, 1.807) is 6.07 Å². The first-order chi connectivity index (χ1) is 6.76.